The van der Waals surface area contributed by atoms with Gasteiger partial charge >= 0.3 is 0 Å². The highest BCUT2D eigenvalue weighted by Gasteiger charge is 1.80. The van der Waals surface area contributed by atoms with Crippen molar-refractivity contribution in [2.45, 2.75) is 33.1 Å². The molecular formula is C12H17O2-. The molecule has 78 valence electrons. The summed E-state index contributed by atoms with van der Waals surface area (Å²) in [7, 11) is 0. The van der Waals surface area contributed by atoms with E-state index >= 15 is 0 Å². The molecule has 1 rings (SSSR count). The maximum atomic E-state index is 9.65. The Labute approximate surface area is 85.6 Å². The van der Waals surface area contributed by atoms with Gasteiger partial charge in [-0.05, 0) is 19.8 Å². The number of hydrogen-bond acceptors (Lipinski definition) is 2. The number of carbonyl (C=O) groups is 1. The summed E-state index contributed by atoms with van der Waals surface area (Å²) in [5.41, 5.74) is 1.32. The molecule has 0 heterocycles. The SMILES string of the molecule is CCCCC(=O)[O-].Cc1ccccc1. The van der Waals surface area contributed by atoms with Crippen LogP contribution in [0.4, 0.5) is 0 Å². The topological polar surface area (TPSA) is 40.1 Å². The third kappa shape index (κ3) is 8.78. The van der Waals surface area contributed by atoms with Gasteiger partial charge in [-0.15, -0.1) is 0 Å². The largest absolute Gasteiger partial charge is 0.550 e. The highest BCUT2D eigenvalue weighted by molar-refractivity contribution is 5.63. The zero-order chi connectivity index (χ0) is 10.8. The van der Waals surface area contributed by atoms with Crippen molar-refractivity contribution in [2.75, 3.05) is 0 Å². The van der Waals surface area contributed by atoms with Crippen LogP contribution in [0, 0.1) is 6.92 Å². The summed E-state index contributed by atoms with van der Waals surface area (Å²) in [5.74, 6) is -0.943. The summed E-state index contributed by atoms with van der Waals surface area (Å²) in [4.78, 5) is 9.65. The molecule has 1 aromatic carbocycles. The fourth-order valence-electron chi connectivity index (χ4n) is 0.855. The molecule has 0 aliphatic rings. The van der Waals surface area contributed by atoms with Crippen LogP contribution in [-0.2, 0) is 4.79 Å². The van der Waals surface area contributed by atoms with Gasteiger partial charge in [0.25, 0.3) is 0 Å². The van der Waals surface area contributed by atoms with Gasteiger partial charge in [-0.3, -0.25) is 0 Å². The second-order valence-electron chi connectivity index (χ2n) is 3.13. The van der Waals surface area contributed by atoms with Crippen LogP contribution in [0.2, 0.25) is 0 Å². The predicted molar refractivity (Wildman–Crippen MR) is 55.7 cm³/mol. The van der Waals surface area contributed by atoms with E-state index in [-0.39, 0.29) is 6.42 Å². The van der Waals surface area contributed by atoms with Crippen molar-refractivity contribution >= 4 is 5.97 Å². The van der Waals surface area contributed by atoms with E-state index in [0.717, 1.165) is 12.8 Å². The molecule has 0 N–H and O–H groups in total. The Morgan fingerprint density at radius 3 is 2.07 bits per heavy atom. The van der Waals surface area contributed by atoms with Crippen LogP contribution in [0.5, 0.6) is 0 Å². The molecule has 0 aromatic heterocycles. The number of aryl methyl sites for hydroxylation is 1. The van der Waals surface area contributed by atoms with Gasteiger partial charge < -0.3 is 9.90 Å². The number of carbonyl (C=O) groups excluding carboxylic acids is 1. The van der Waals surface area contributed by atoms with Crippen LogP contribution >= 0.6 is 0 Å². The van der Waals surface area contributed by atoms with Crippen LogP contribution in [-0.4, -0.2) is 5.97 Å². The second-order valence-corrected chi connectivity index (χ2v) is 3.13. The van der Waals surface area contributed by atoms with Crippen molar-refractivity contribution in [3.05, 3.63) is 35.9 Å². The second kappa shape index (κ2) is 8.30. The smallest absolute Gasteiger partial charge is 0.0414 e. The fourth-order valence-corrected chi connectivity index (χ4v) is 0.855. The predicted octanol–water partition coefficient (Wildman–Crippen LogP) is 1.92. The zero-order valence-corrected chi connectivity index (χ0v) is 8.82. The summed E-state index contributed by atoms with van der Waals surface area (Å²) in [6.07, 6.45) is 1.87. The van der Waals surface area contributed by atoms with E-state index in [1.54, 1.807) is 0 Å². The number of carboxylic acid groups (broad SMARTS) is 1. The molecule has 2 nitrogen and oxygen atoms in total. The Hall–Kier alpha value is -1.31. The van der Waals surface area contributed by atoms with Gasteiger partial charge in [0, 0.05) is 5.97 Å². The lowest BCUT2D eigenvalue weighted by molar-refractivity contribution is -0.305. The Bertz CT molecular complexity index is 242. The van der Waals surface area contributed by atoms with Crippen molar-refractivity contribution in [2.24, 2.45) is 0 Å². The Morgan fingerprint density at radius 2 is 1.86 bits per heavy atom. The number of unbranched alkanes of at least 4 members (excludes halogenated alkanes) is 1. The lowest BCUT2D eigenvalue weighted by Crippen LogP contribution is -2.21. The van der Waals surface area contributed by atoms with Gasteiger partial charge in [0.05, 0.1) is 0 Å². The van der Waals surface area contributed by atoms with Gasteiger partial charge in [0.15, 0.2) is 0 Å². The van der Waals surface area contributed by atoms with E-state index in [1.807, 2.05) is 25.1 Å². The van der Waals surface area contributed by atoms with Crippen LogP contribution in [0.1, 0.15) is 31.7 Å². The number of aliphatic carboxylic acids is 1. The minimum Gasteiger partial charge on any atom is -0.550 e. The van der Waals surface area contributed by atoms with Crippen molar-refractivity contribution in [3.8, 4) is 0 Å². The van der Waals surface area contributed by atoms with Gasteiger partial charge in [-0.1, -0.05) is 49.2 Å². The minimum absolute atomic E-state index is 0.205. The molecule has 0 saturated carbocycles. The molecule has 0 fully saturated rings. The van der Waals surface area contributed by atoms with E-state index in [9.17, 15) is 9.90 Å². The summed E-state index contributed by atoms with van der Waals surface area (Å²) in [6.45, 7) is 4.03. The van der Waals surface area contributed by atoms with Crippen molar-refractivity contribution in [1.29, 1.82) is 0 Å². The molecule has 0 spiro atoms. The van der Waals surface area contributed by atoms with E-state index in [1.165, 1.54) is 5.56 Å². The van der Waals surface area contributed by atoms with Crippen LogP contribution in [0.15, 0.2) is 30.3 Å². The molecule has 1 aromatic rings. The van der Waals surface area contributed by atoms with Crippen molar-refractivity contribution < 1.29 is 9.90 Å². The van der Waals surface area contributed by atoms with E-state index in [0.29, 0.717) is 0 Å². The van der Waals surface area contributed by atoms with Gasteiger partial charge in [0.1, 0.15) is 0 Å². The molecule has 0 atom stereocenters. The average molecular weight is 193 g/mol. The van der Waals surface area contributed by atoms with E-state index in [4.69, 9.17) is 0 Å². The molecule has 0 saturated heterocycles. The highest BCUT2D eigenvalue weighted by atomic mass is 16.4. The summed E-state index contributed by atoms with van der Waals surface area (Å²) < 4.78 is 0. The van der Waals surface area contributed by atoms with Gasteiger partial charge in [-0.2, -0.15) is 0 Å². The van der Waals surface area contributed by atoms with Crippen LogP contribution in [0.3, 0.4) is 0 Å². The molecule has 0 unspecified atom stereocenters. The Balaban J connectivity index is 0.000000241. The Kier molecular flexibility index (Phi) is 7.52. The molecule has 14 heavy (non-hydrogen) atoms. The quantitative estimate of drug-likeness (QED) is 0.735. The molecule has 0 aliphatic carbocycles. The lowest BCUT2D eigenvalue weighted by Gasteiger charge is -1.95. The molecule has 0 radical (unpaired) electrons. The standard InChI is InChI=1S/C7H8.C5H10O2/c1-7-5-3-2-4-6-7;1-2-3-4-5(6)7/h2-6H,1H3;2-4H2,1H3,(H,6,7)/p-1. The molecule has 0 aliphatic heterocycles. The lowest BCUT2D eigenvalue weighted by atomic mass is 10.2. The third-order valence-electron chi connectivity index (χ3n) is 1.67. The van der Waals surface area contributed by atoms with Crippen LogP contribution in [0.25, 0.3) is 0 Å². The normalized spacial score (nSPS) is 8.71. The summed E-state index contributed by atoms with van der Waals surface area (Å²) >= 11 is 0. The van der Waals surface area contributed by atoms with Gasteiger partial charge in [0.2, 0.25) is 0 Å². The first-order valence-corrected chi connectivity index (χ1v) is 4.88. The zero-order valence-electron chi connectivity index (χ0n) is 8.82. The number of benzene rings is 1. The van der Waals surface area contributed by atoms with Crippen molar-refractivity contribution in [1.82, 2.24) is 0 Å². The third-order valence-corrected chi connectivity index (χ3v) is 1.67. The first kappa shape index (κ1) is 12.7. The Morgan fingerprint density at radius 1 is 1.29 bits per heavy atom. The van der Waals surface area contributed by atoms with E-state index < -0.39 is 5.97 Å². The molecular weight excluding hydrogens is 176 g/mol. The monoisotopic (exact) mass is 193 g/mol. The number of hydrogen-bond donors (Lipinski definition) is 0. The van der Waals surface area contributed by atoms with Crippen LogP contribution < -0.4 is 5.11 Å². The highest BCUT2D eigenvalue weighted by Crippen LogP contribution is 1.92. The maximum absolute atomic E-state index is 9.65. The number of carboxylic acids is 1. The van der Waals surface area contributed by atoms with E-state index in [2.05, 4.69) is 19.1 Å². The van der Waals surface area contributed by atoms with Crippen molar-refractivity contribution in [3.63, 3.8) is 0 Å². The maximum Gasteiger partial charge on any atom is 0.0414 e. The summed E-state index contributed by atoms with van der Waals surface area (Å²) in [5, 5.41) is 9.65. The molecule has 2 heteroatoms. The number of rotatable bonds is 3. The summed E-state index contributed by atoms with van der Waals surface area (Å²) in [6, 6.07) is 10.3. The average Bonchev–Trinajstić information content (AvgIpc) is 2.17. The molecule has 0 amide bonds. The minimum atomic E-state index is -0.943. The molecule has 0 bridgehead atoms. The fraction of sp³-hybridized carbons (Fsp3) is 0.417. The first-order chi connectivity index (χ1) is 6.66. The first-order valence-electron chi connectivity index (χ1n) is 4.88. The van der Waals surface area contributed by atoms with Gasteiger partial charge in [-0.25, -0.2) is 0 Å².